The van der Waals surface area contributed by atoms with Gasteiger partial charge in [-0.2, -0.15) is 5.10 Å². The molecule has 1 aromatic heterocycles. The van der Waals surface area contributed by atoms with E-state index in [1.165, 1.54) is 0 Å². The van der Waals surface area contributed by atoms with Crippen molar-refractivity contribution in [2.24, 2.45) is 5.10 Å². The molecule has 3 aromatic rings. The van der Waals surface area contributed by atoms with Crippen LogP contribution in [-0.4, -0.2) is 23.3 Å². The largest absolute Gasteiger partial charge is 0.490 e. The summed E-state index contributed by atoms with van der Waals surface area (Å²) in [6, 6.07) is 19.0. The highest BCUT2D eigenvalue weighted by atomic mass is 16.5. The Morgan fingerprint density at radius 3 is 2.29 bits per heavy atom. The summed E-state index contributed by atoms with van der Waals surface area (Å²) in [4.78, 5) is 12.3. The molecule has 0 aliphatic heterocycles. The lowest BCUT2D eigenvalue weighted by molar-refractivity contribution is 0.0955. The second-order valence-electron chi connectivity index (χ2n) is 6.37. The molecule has 28 heavy (non-hydrogen) atoms. The fourth-order valence-electron chi connectivity index (χ4n) is 2.87. The molecule has 0 fully saturated rings. The van der Waals surface area contributed by atoms with Gasteiger partial charge in [-0.1, -0.05) is 12.7 Å². The molecule has 0 saturated carbocycles. The van der Waals surface area contributed by atoms with Crippen LogP contribution in [-0.2, 0) is 0 Å². The Morgan fingerprint density at radius 1 is 1.04 bits per heavy atom. The number of nitrogens with one attached hydrogen (secondary N) is 1. The SMILES string of the molecule is C=CCOc1ccc(/C=N\NC(=O)c2ccc(-n3c(C)ccc3C)cc2)cc1. The van der Waals surface area contributed by atoms with Crippen LogP contribution in [0.5, 0.6) is 5.75 Å². The van der Waals surface area contributed by atoms with E-state index < -0.39 is 0 Å². The zero-order valence-electron chi connectivity index (χ0n) is 16.1. The highest BCUT2D eigenvalue weighted by molar-refractivity contribution is 5.95. The summed E-state index contributed by atoms with van der Waals surface area (Å²) in [7, 11) is 0. The first-order chi connectivity index (χ1) is 13.6. The van der Waals surface area contributed by atoms with Gasteiger partial charge in [0, 0.05) is 22.6 Å². The first kappa shape index (κ1) is 19.2. The van der Waals surface area contributed by atoms with Crippen molar-refractivity contribution in [3.05, 3.63) is 95.8 Å². The Hall–Kier alpha value is -3.60. The van der Waals surface area contributed by atoms with E-state index in [4.69, 9.17) is 4.74 Å². The number of amides is 1. The molecule has 0 radical (unpaired) electrons. The second-order valence-corrected chi connectivity index (χ2v) is 6.37. The molecule has 2 aromatic carbocycles. The van der Waals surface area contributed by atoms with Crippen LogP contribution in [0.4, 0.5) is 0 Å². The molecule has 5 nitrogen and oxygen atoms in total. The van der Waals surface area contributed by atoms with E-state index in [2.05, 4.69) is 47.7 Å². The summed E-state index contributed by atoms with van der Waals surface area (Å²) < 4.78 is 7.57. The van der Waals surface area contributed by atoms with E-state index in [9.17, 15) is 4.79 Å². The van der Waals surface area contributed by atoms with Gasteiger partial charge in [-0.3, -0.25) is 4.79 Å². The molecule has 3 rings (SSSR count). The van der Waals surface area contributed by atoms with Crippen molar-refractivity contribution in [1.82, 2.24) is 9.99 Å². The van der Waals surface area contributed by atoms with Gasteiger partial charge in [0.1, 0.15) is 12.4 Å². The van der Waals surface area contributed by atoms with Crippen molar-refractivity contribution in [2.45, 2.75) is 13.8 Å². The summed E-state index contributed by atoms with van der Waals surface area (Å²) in [5.41, 5.74) is 7.30. The highest BCUT2D eigenvalue weighted by Crippen LogP contribution is 2.17. The maximum atomic E-state index is 12.3. The van der Waals surface area contributed by atoms with E-state index in [0.717, 1.165) is 28.4 Å². The number of ether oxygens (including phenoxy) is 1. The minimum atomic E-state index is -0.255. The van der Waals surface area contributed by atoms with Crippen LogP contribution in [0.25, 0.3) is 5.69 Å². The van der Waals surface area contributed by atoms with E-state index in [1.54, 1.807) is 24.4 Å². The number of benzene rings is 2. The van der Waals surface area contributed by atoms with Gasteiger partial charge in [-0.05, 0) is 80.1 Å². The predicted octanol–water partition coefficient (Wildman–Crippen LogP) is 4.42. The van der Waals surface area contributed by atoms with Crippen molar-refractivity contribution in [1.29, 1.82) is 0 Å². The summed E-state index contributed by atoms with van der Waals surface area (Å²) in [5.74, 6) is 0.504. The number of nitrogens with zero attached hydrogens (tertiary/aromatic N) is 2. The smallest absolute Gasteiger partial charge is 0.271 e. The van der Waals surface area contributed by atoms with Crippen molar-refractivity contribution in [3.8, 4) is 11.4 Å². The lowest BCUT2D eigenvalue weighted by Crippen LogP contribution is -2.17. The van der Waals surface area contributed by atoms with Crippen molar-refractivity contribution in [2.75, 3.05) is 6.61 Å². The molecule has 1 heterocycles. The first-order valence-electron chi connectivity index (χ1n) is 9.01. The zero-order valence-corrected chi connectivity index (χ0v) is 16.1. The molecule has 0 unspecified atom stereocenters. The topological polar surface area (TPSA) is 55.6 Å². The Bertz CT molecular complexity index is 964. The van der Waals surface area contributed by atoms with Crippen LogP contribution >= 0.6 is 0 Å². The third-order valence-electron chi connectivity index (χ3n) is 4.29. The predicted molar refractivity (Wildman–Crippen MR) is 112 cm³/mol. The van der Waals surface area contributed by atoms with Crippen LogP contribution in [0, 0.1) is 13.8 Å². The quantitative estimate of drug-likeness (QED) is 0.379. The van der Waals surface area contributed by atoms with Crippen LogP contribution in [0.1, 0.15) is 27.3 Å². The molecule has 0 atom stereocenters. The minimum Gasteiger partial charge on any atom is -0.490 e. The number of aryl methyl sites for hydroxylation is 2. The maximum absolute atomic E-state index is 12.3. The minimum absolute atomic E-state index is 0.255. The molecule has 0 saturated heterocycles. The normalized spacial score (nSPS) is 10.8. The number of rotatable bonds is 7. The van der Waals surface area contributed by atoms with Gasteiger partial charge >= 0.3 is 0 Å². The Labute approximate surface area is 165 Å². The van der Waals surface area contributed by atoms with E-state index >= 15 is 0 Å². The van der Waals surface area contributed by atoms with Crippen LogP contribution in [0.3, 0.4) is 0 Å². The van der Waals surface area contributed by atoms with Gasteiger partial charge in [0.05, 0.1) is 6.21 Å². The maximum Gasteiger partial charge on any atom is 0.271 e. The molecule has 0 bridgehead atoms. The van der Waals surface area contributed by atoms with E-state index in [-0.39, 0.29) is 5.91 Å². The van der Waals surface area contributed by atoms with Gasteiger partial charge in [0.2, 0.25) is 0 Å². The Balaban J connectivity index is 1.60. The molecule has 142 valence electrons. The van der Waals surface area contributed by atoms with Crippen LogP contribution < -0.4 is 10.2 Å². The lowest BCUT2D eigenvalue weighted by Gasteiger charge is -2.10. The number of hydrazone groups is 1. The Morgan fingerprint density at radius 2 is 1.68 bits per heavy atom. The zero-order chi connectivity index (χ0) is 19.9. The molecular formula is C23H23N3O2. The van der Waals surface area contributed by atoms with Crippen molar-refractivity contribution >= 4 is 12.1 Å². The molecule has 5 heteroatoms. The molecule has 0 aliphatic rings. The summed E-state index contributed by atoms with van der Waals surface area (Å²) in [6.45, 7) is 8.19. The number of aromatic nitrogens is 1. The monoisotopic (exact) mass is 373 g/mol. The number of hydrogen-bond acceptors (Lipinski definition) is 3. The van der Waals surface area contributed by atoms with Crippen molar-refractivity contribution in [3.63, 3.8) is 0 Å². The standard InChI is InChI=1S/C23H23N3O2/c1-4-15-28-22-13-7-19(8-14-22)16-24-25-23(27)20-9-11-21(12-10-20)26-17(2)5-6-18(26)3/h4-14,16H,1,15H2,2-3H3,(H,25,27)/b24-16-. The third kappa shape index (κ3) is 4.57. The highest BCUT2D eigenvalue weighted by Gasteiger charge is 2.07. The third-order valence-corrected chi connectivity index (χ3v) is 4.29. The van der Waals surface area contributed by atoms with Crippen LogP contribution in [0.2, 0.25) is 0 Å². The molecule has 1 amide bonds. The van der Waals surface area contributed by atoms with E-state index in [1.807, 2.05) is 36.4 Å². The summed E-state index contributed by atoms with van der Waals surface area (Å²) in [6.07, 6.45) is 3.29. The summed E-state index contributed by atoms with van der Waals surface area (Å²) in [5, 5.41) is 4.02. The van der Waals surface area contributed by atoms with Gasteiger partial charge < -0.3 is 9.30 Å². The fraction of sp³-hybridized carbons (Fsp3) is 0.130. The molecule has 0 spiro atoms. The Kier molecular flexibility index (Phi) is 6.07. The average molecular weight is 373 g/mol. The average Bonchev–Trinajstić information content (AvgIpc) is 3.05. The number of carbonyl (C=O) groups excluding carboxylic acids is 1. The van der Waals surface area contributed by atoms with Crippen LogP contribution in [0.15, 0.2) is 78.4 Å². The first-order valence-corrected chi connectivity index (χ1v) is 9.01. The fourth-order valence-corrected chi connectivity index (χ4v) is 2.87. The van der Waals surface area contributed by atoms with Gasteiger partial charge in [0.15, 0.2) is 0 Å². The van der Waals surface area contributed by atoms with Gasteiger partial charge in [-0.25, -0.2) is 5.43 Å². The van der Waals surface area contributed by atoms with Gasteiger partial charge in [-0.15, -0.1) is 0 Å². The molecule has 1 N–H and O–H groups in total. The molecular weight excluding hydrogens is 350 g/mol. The van der Waals surface area contributed by atoms with E-state index in [0.29, 0.717) is 12.2 Å². The number of hydrogen-bond donors (Lipinski definition) is 1. The molecule has 0 aliphatic carbocycles. The second kappa shape index (κ2) is 8.86. The number of carbonyl (C=O) groups is 1. The van der Waals surface area contributed by atoms with Crippen molar-refractivity contribution < 1.29 is 9.53 Å². The summed E-state index contributed by atoms with van der Waals surface area (Å²) >= 11 is 0. The van der Waals surface area contributed by atoms with Gasteiger partial charge in [0.25, 0.3) is 5.91 Å². The lowest BCUT2D eigenvalue weighted by atomic mass is 10.2.